The number of ether oxygens (including phenoxy) is 1. The predicted molar refractivity (Wildman–Crippen MR) is 63.6 cm³/mol. The van der Waals surface area contributed by atoms with Gasteiger partial charge in [0.2, 0.25) is 0 Å². The molecule has 0 aromatic heterocycles. The standard InChI is InChI=1S/C11H17F3N2O5/c12-11(13,14)6-16(3-4-17)10(20)15-5-7-1-2-8(21-7)9(18)19/h7-8,17H,1-6H2,(H,15,20)(H,18,19). The molecule has 1 heterocycles. The lowest BCUT2D eigenvalue weighted by Gasteiger charge is -2.24. The molecule has 0 aromatic carbocycles. The van der Waals surface area contributed by atoms with Gasteiger partial charge in [-0.2, -0.15) is 13.2 Å². The highest BCUT2D eigenvalue weighted by atomic mass is 19.4. The molecular weight excluding hydrogens is 297 g/mol. The molecule has 1 saturated heterocycles. The molecule has 7 nitrogen and oxygen atoms in total. The zero-order chi connectivity index (χ0) is 16.0. The van der Waals surface area contributed by atoms with Crippen LogP contribution in [0.4, 0.5) is 18.0 Å². The Kier molecular flexibility index (Phi) is 6.21. The van der Waals surface area contributed by atoms with E-state index >= 15 is 0 Å². The number of carbonyl (C=O) groups excluding carboxylic acids is 1. The predicted octanol–water partition coefficient (Wildman–Crippen LogP) is 0.185. The van der Waals surface area contributed by atoms with Crippen LogP contribution in [0.25, 0.3) is 0 Å². The van der Waals surface area contributed by atoms with E-state index in [9.17, 15) is 22.8 Å². The summed E-state index contributed by atoms with van der Waals surface area (Å²) >= 11 is 0. The van der Waals surface area contributed by atoms with Crippen LogP contribution in [0.1, 0.15) is 12.8 Å². The number of nitrogens with zero attached hydrogens (tertiary/aromatic N) is 1. The quantitative estimate of drug-likeness (QED) is 0.650. The fourth-order valence-corrected chi connectivity index (χ4v) is 1.94. The summed E-state index contributed by atoms with van der Waals surface area (Å²) < 4.78 is 41.9. The average Bonchev–Trinajstić information content (AvgIpc) is 2.82. The van der Waals surface area contributed by atoms with Crippen LogP contribution in [0, 0.1) is 0 Å². The first-order chi connectivity index (χ1) is 9.73. The van der Waals surface area contributed by atoms with E-state index in [1.165, 1.54) is 0 Å². The summed E-state index contributed by atoms with van der Waals surface area (Å²) in [6, 6.07) is -0.983. The van der Waals surface area contributed by atoms with E-state index in [0.717, 1.165) is 0 Å². The SMILES string of the molecule is O=C(O)C1CCC(CNC(=O)N(CCO)CC(F)(F)F)O1. The minimum Gasteiger partial charge on any atom is -0.479 e. The van der Waals surface area contributed by atoms with Crippen LogP contribution in [-0.2, 0) is 9.53 Å². The van der Waals surface area contributed by atoms with Gasteiger partial charge in [-0.3, -0.25) is 0 Å². The van der Waals surface area contributed by atoms with Gasteiger partial charge >= 0.3 is 18.2 Å². The fraction of sp³-hybridized carbons (Fsp3) is 0.818. The van der Waals surface area contributed by atoms with E-state index in [1.807, 2.05) is 0 Å². The van der Waals surface area contributed by atoms with Crippen molar-refractivity contribution in [3.8, 4) is 0 Å². The average molecular weight is 314 g/mol. The van der Waals surface area contributed by atoms with Gasteiger partial charge in [-0.1, -0.05) is 0 Å². The first kappa shape index (κ1) is 17.5. The van der Waals surface area contributed by atoms with Gasteiger partial charge in [-0.05, 0) is 12.8 Å². The van der Waals surface area contributed by atoms with Crippen molar-refractivity contribution in [3.63, 3.8) is 0 Å². The monoisotopic (exact) mass is 314 g/mol. The third kappa shape index (κ3) is 6.17. The lowest BCUT2D eigenvalue weighted by molar-refractivity contribution is -0.149. The summed E-state index contributed by atoms with van der Waals surface area (Å²) in [5.74, 6) is -1.11. The van der Waals surface area contributed by atoms with E-state index in [-0.39, 0.29) is 6.54 Å². The smallest absolute Gasteiger partial charge is 0.406 e. The number of nitrogens with one attached hydrogen (secondary N) is 1. The van der Waals surface area contributed by atoms with Gasteiger partial charge < -0.3 is 25.2 Å². The number of carboxylic acids is 1. The number of amides is 2. The molecule has 2 atom stereocenters. The molecular formula is C11H17F3N2O5. The second kappa shape index (κ2) is 7.46. The molecule has 2 unspecified atom stereocenters. The van der Waals surface area contributed by atoms with Gasteiger partial charge in [-0.15, -0.1) is 0 Å². The molecule has 1 aliphatic rings. The summed E-state index contributed by atoms with van der Waals surface area (Å²) in [6.45, 7) is -2.59. The molecule has 0 aliphatic carbocycles. The highest BCUT2D eigenvalue weighted by molar-refractivity contribution is 5.74. The van der Waals surface area contributed by atoms with Crippen molar-refractivity contribution in [2.45, 2.75) is 31.2 Å². The molecule has 0 spiro atoms. The van der Waals surface area contributed by atoms with E-state index in [4.69, 9.17) is 14.9 Å². The Morgan fingerprint density at radius 1 is 1.33 bits per heavy atom. The van der Waals surface area contributed by atoms with Crippen LogP contribution in [0.2, 0.25) is 0 Å². The number of hydrogen-bond acceptors (Lipinski definition) is 4. The van der Waals surface area contributed by atoms with Crippen LogP contribution in [0.15, 0.2) is 0 Å². The summed E-state index contributed by atoms with van der Waals surface area (Å²) in [5.41, 5.74) is 0. The first-order valence-electron chi connectivity index (χ1n) is 6.31. The summed E-state index contributed by atoms with van der Waals surface area (Å²) in [7, 11) is 0. The van der Waals surface area contributed by atoms with E-state index in [2.05, 4.69) is 5.32 Å². The van der Waals surface area contributed by atoms with Gasteiger partial charge in [0.1, 0.15) is 6.54 Å². The van der Waals surface area contributed by atoms with E-state index in [0.29, 0.717) is 17.7 Å². The Hall–Kier alpha value is -1.55. The number of carboxylic acid groups (broad SMARTS) is 1. The molecule has 1 aliphatic heterocycles. The highest BCUT2D eigenvalue weighted by Gasteiger charge is 2.34. The van der Waals surface area contributed by atoms with Crippen molar-refractivity contribution in [3.05, 3.63) is 0 Å². The number of carbonyl (C=O) groups is 2. The Balaban J connectivity index is 2.42. The van der Waals surface area contributed by atoms with Crippen molar-refractivity contribution in [2.24, 2.45) is 0 Å². The number of aliphatic hydroxyl groups excluding tert-OH is 1. The number of aliphatic carboxylic acids is 1. The third-order valence-electron chi connectivity index (χ3n) is 2.89. The van der Waals surface area contributed by atoms with Crippen molar-refractivity contribution >= 4 is 12.0 Å². The van der Waals surface area contributed by atoms with Gasteiger partial charge in [0.15, 0.2) is 6.10 Å². The Morgan fingerprint density at radius 3 is 2.48 bits per heavy atom. The van der Waals surface area contributed by atoms with Gasteiger partial charge in [0.05, 0.1) is 12.7 Å². The minimum absolute atomic E-state index is 0.0810. The van der Waals surface area contributed by atoms with Crippen LogP contribution in [0.3, 0.4) is 0 Å². The topological polar surface area (TPSA) is 99.1 Å². The molecule has 0 radical (unpaired) electrons. The number of urea groups is 1. The Bertz CT molecular complexity index is 377. The van der Waals surface area contributed by atoms with Crippen molar-refractivity contribution in [1.29, 1.82) is 0 Å². The molecule has 0 saturated carbocycles. The first-order valence-corrected chi connectivity index (χ1v) is 6.31. The van der Waals surface area contributed by atoms with E-state index < -0.39 is 50.1 Å². The largest absolute Gasteiger partial charge is 0.479 e. The van der Waals surface area contributed by atoms with Gasteiger partial charge in [-0.25, -0.2) is 9.59 Å². The minimum atomic E-state index is -4.56. The maximum atomic E-state index is 12.3. The molecule has 2 amide bonds. The van der Waals surface area contributed by atoms with E-state index in [1.54, 1.807) is 0 Å². The Morgan fingerprint density at radius 2 is 2.00 bits per heavy atom. The van der Waals surface area contributed by atoms with Crippen LogP contribution >= 0.6 is 0 Å². The molecule has 0 bridgehead atoms. The zero-order valence-electron chi connectivity index (χ0n) is 11.1. The number of hydrogen-bond donors (Lipinski definition) is 3. The van der Waals surface area contributed by atoms with Gasteiger partial charge in [0, 0.05) is 13.1 Å². The molecule has 10 heteroatoms. The maximum Gasteiger partial charge on any atom is 0.406 e. The molecule has 122 valence electrons. The van der Waals surface area contributed by atoms with Crippen molar-refractivity contribution in [1.82, 2.24) is 10.2 Å². The number of halogens is 3. The molecule has 1 fully saturated rings. The maximum absolute atomic E-state index is 12.3. The lowest BCUT2D eigenvalue weighted by atomic mass is 10.2. The second-order valence-electron chi connectivity index (χ2n) is 4.61. The molecule has 21 heavy (non-hydrogen) atoms. The highest BCUT2D eigenvalue weighted by Crippen LogP contribution is 2.19. The number of aliphatic hydroxyl groups is 1. The second-order valence-corrected chi connectivity index (χ2v) is 4.61. The Labute approximate surface area is 118 Å². The number of alkyl halides is 3. The summed E-state index contributed by atoms with van der Waals surface area (Å²) in [4.78, 5) is 22.7. The normalized spacial score (nSPS) is 22.1. The van der Waals surface area contributed by atoms with Crippen LogP contribution in [-0.4, -0.2) is 71.7 Å². The fourth-order valence-electron chi connectivity index (χ4n) is 1.94. The number of rotatable bonds is 6. The summed E-state index contributed by atoms with van der Waals surface area (Å²) in [6.07, 6.45) is -5.37. The molecule has 1 rings (SSSR count). The summed E-state index contributed by atoms with van der Waals surface area (Å²) in [5, 5.41) is 19.6. The lowest BCUT2D eigenvalue weighted by Crippen LogP contribution is -2.47. The van der Waals surface area contributed by atoms with Crippen molar-refractivity contribution in [2.75, 3.05) is 26.2 Å². The molecule has 3 N–H and O–H groups in total. The molecule has 0 aromatic rings. The van der Waals surface area contributed by atoms with Crippen molar-refractivity contribution < 1.29 is 37.7 Å². The zero-order valence-corrected chi connectivity index (χ0v) is 11.1. The van der Waals surface area contributed by atoms with Gasteiger partial charge in [0.25, 0.3) is 0 Å². The third-order valence-corrected chi connectivity index (χ3v) is 2.89. The van der Waals surface area contributed by atoms with Crippen LogP contribution < -0.4 is 5.32 Å². The van der Waals surface area contributed by atoms with Crippen LogP contribution in [0.5, 0.6) is 0 Å².